The van der Waals surface area contributed by atoms with E-state index in [0.717, 1.165) is 0 Å². The summed E-state index contributed by atoms with van der Waals surface area (Å²) in [6.07, 6.45) is 0. The van der Waals surface area contributed by atoms with E-state index in [9.17, 15) is 0 Å². The van der Waals surface area contributed by atoms with Crippen LogP contribution in [0.4, 0.5) is 0 Å². The summed E-state index contributed by atoms with van der Waals surface area (Å²) >= 11 is -2.92. The van der Waals surface area contributed by atoms with E-state index in [1.54, 1.807) is 0 Å². The van der Waals surface area contributed by atoms with Crippen LogP contribution in [0.3, 0.4) is 0 Å². The smallest absolute Gasteiger partial charge is 1.00 e. The van der Waals surface area contributed by atoms with E-state index in [-0.39, 0.29) is 72.2 Å². The molecule has 0 aliphatic carbocycles. The van der Waals surface area contributed by atoms with Gasteiger partial charge in [0.25, 0.3) is 0 Å². The zero-order chi connectivity index (χ0) is 6.28. The maximum Gasteiger partial charge on any atom is 1.00 e. The van der Waals surface area contributed by atoms with Gasteiger partial charge in [-0.1, -0.05) is 0 Å². The molecule has 0 spiro atoms. The van der Waals surface area contributed by atoms with Gasteiger partial charge < -0.3 is 9.11 Å². The van der Waals surface area contributed by atoms with Crippen LogP contribution in [0, 0.1) is 0 Å². The molecule has 9 heavy (non-hydrogen) atoms. The minimum Gasteiger partial charge on any atom is 1.00 e. The third kappa shape index (κ3) is 93.5. The van der Waals surface area contributed by atoms with E-state index in [1.165, 1.54) is 0 Å². The summed E-state index contributed by atoms with van der Waals surface area (Å²) in [5, 5.41) is 0. The molecule has 0 unspecified atom stereocenters. The van der Waals surface area contributed by atoms with E-state index in [4.69, 9.17) is 33.5 Å². The van der Waals surface area contributed by atoms with Crippen LogP contribution in [0.25, 0.3) is 0 Å². The Kier molecular flexibility index (Phi) is 56.8. The monoisotopic (exact) mass is 252 g/mol. The molecule has 9 heteroatoms. The molecule has 0 amide bonds. The molecule has 0 fully saturated rings. The van der Waals surface area contributed by atoms with Crippen molar-refractivity contribution in [1.82, 2.24) is 0 Å². The minimum absolute atomic E-state index is 0. The fourth-order valence-electron chi connectivity index (χ4n) is 0. The molecule has 0 aromatic heterocycles. The topological polar surface area (TPSA) is 63.2 Å². The number of hydrogen-bond acceptors (Lipinski definition) is 3. The Hall–Kier alpha value is 3.17. The first-order valence-corrected chi connectivity index (χ1v) is 4.81. The molecular weight excluding hydrogens is 253 g/mol. The summed E-state index contributed by atoms with van der Waals surface area (Å²) in [6, 6.07) is 0. The zero-order valence-electron chi connectivity index (χ0n) is 4.74. The molecule has 48 valence electrons. The number of rotatable bonds is 0. The second-order valence-corrected chi connectivity index (χ2v) is 2.49. The van der Waals surface area contributed by atoms with Crippen molar-refractivity contribution >= 4 is 31.6 Å². The first kappa shape index (κ1) is 22.7. The van der Waals surface area contributed by atoms with Crippen molar-refractivity contribution in [3.8, 4) is 0 Å². The van der Waals surface area contributed by atoms with Crippen molar-refractivity contribution in [2.24, 2.45) is 0 Å². The summed E-state index contributed by atoms with van der Waals surface area (Å²) in [5.74, 6) is 0. The van der Waals surface area contributed by atoms with Crippen molar-refractivity contribution in [1.29, 1.82) is 0 Å². The first-order chi connectivity index (χ1) is 3.15. The predicted molar refractivity (Wildman–Crippen MR) is 21.4 cm³/mol. The molecule has 0 bridgehead atoms. The predicted octanol–water partition coefficient (Wildman–Crippen LogP) is -5.62. The number of halogens is 2. The Labute approximate surface area is 115 Å². The Balaban J connectivity index is -0.0000000233. The molecular formula is Cl2FeNa2O3S. The van der Waals surface area contributed by atoms with E-state index < -0.39 is 11.4 Å². The molecule has 0 N–H and O–H groups in total. The van der Waals surface area contributed by atoms with Gasteiger partial charge in [0.05, 0.1) is 0 Å². The van der Waals surface area contributed by atoms with Gasteiger partial charge in [0, 0.05) is 0 Å². The van der Waals surface area contributed by atoms with Crippen LogP contribution in [0.15, 0.2) is 0 Å². The largest absolute Gasteiger partial charge is 1.00 e. The zero-order valence-corrected chi connectivity index (χ0v) is 12.2. The van der Waals surface area contributed by atoms with Crippen molar-refractivity contribution in [3.05, 3.63) is 0 Å². The van der Waals surface area contributed by atoms with Crippen molar-refractivity contribution < 1.29 is 85.6 Å². The van der Waals surface area contributed by atoms with Gasteiger partial charge in [0.2, 0.25) is 0 Å². The second kappa shape index (κ2) is 22.5. The van der Waals surface area contributed by atoms with E-state index in [1.807, 2.05) is 0 Å². The Morgan fingerprint density at radius 1 is 1.22 bits per heavy atom. The Morgan fingerprint density at radius 2 is 1.22 bits per heavy atom. The molecule has 0 aliphatic rings. The van der Waals surface area contributed by atoms with Gasteiger partial charge in [0.1, 0.15) is 0 Å². The Morgan fingerprint density at radius 3 is 1.22 bits per heavy atom. The van der Waals surface area contributed by atoms with Gasteiger partial charge in [-0.15, -0.1) is 11.4 Å². The van der Waals surface area contributed by atoms with E-state index in [0.29, 0.717) is 0 Å². The maximum absolute atomic E-state index is 8.44. The van der Waals surface area contributed by atoms with Crippen LogP contribution in [0.2, 0.25) is 0 Å². The molecule has 0 saturated carbocycles. The molecule has 0 radical (unpaired) electrons. The van der Waals surface area contributed by atoms with Crippen molar-refractivity contribution in [2.45, 2.75) is 0 Å². The van der Waals surface area contributed by atoms with Crippen molar-refractivity contribution in [2.75, 3.05) is 0 Å². The van der Waals surface area contributed by atoms with Crippen LogP contribution >= 0.6 is 20.2 Å². The maximum atomic E-state index is 8.44. The molecule has 0 rings (SSSR count). The quantitative estimate of drug-likeness (QED) is 0.319. The normalized spacial score (nSPS) is 6.33. The summed E-state index contributed by atoms with van der Waals surface area (Å²) in [6.45, 7) is 0. The van der Waals surface area contributed by atoms with Gasteiger partial charge in [-0.3, -0.25) is 4.21 Å². The molecule has 3 nitrogen and oxygen atoms in total. The standard InChI is InChI=1S/2ClH.Fe.2Na.H2O3S/c;;;;;1-4(2)3/h2*1H;;;;(H2,1,2,3)/q;;+2;2*+1;/p-4. The third-order valence-corrected chi connectivity index (χ3v) is 0. The molecule has 0 atom stereocenters. The molecule has 0 heterocycles. The van der Waals surface area contributed by atoms with Crippen LogP contribution in [-0.2, 0) is 24.5 Å². The Bertz CT molecular complexity index is 51.1. The molecule has 0 aromatic rings. The van der Waals surface area contributed by atoms with Gasteiger partial charge in [-0.25, -0.2) is 0 Å². The van der Waals surface area contributed by atoms with Crippen LogP contribution in [0.1, 0.15) is 0 Å². The fourth-order valence-corrected chi connectivity index (χ4v) is 0. The summed E-state index contributed by atoms with van der Waals surface area (Å²) < 4.78 is 25.3. The second-order valence-electron chi connectivity index (χ2n) is 0.255. The average Bonchev–Trinajstić information content (AvgIpc) is 1.33. The summed E-state index contributed by atoms with van der Waals surface area (Å²) in [7, 11) is 9.53. The van der Waals surface area contributed by atoms with E-state index in [2.05, 4.69) is 0 Å². The molecule has 0 aromatic carbocycles. The third-order valence-electron chi connectivity index (χ3n) is 0. The number of hydrogen-bond donors (Lipinski definition) is 0. The minimum atomic E-state index is -3.11. The van der Waals surface area contributed by atoms with Crippen molar-refractivity contribution in [3.63, 3.8) is 0 Å². The van der Waals surface area contributed by atoms with Gasteiger partial charge in [-0.05, 0) is 0 Å². The summed E-state index contributed by atoms with van der Waals surface area (Å²) in [4.78, 5) is 0. The molecule has 0 aliphatic heterocycles. The van der Waals surface area contributed by atoms with Crippen LogP contribution in [-0.4, -0.2) is 13.3 Å². The average molecular weight is 253 g/mol. The van der Waals surface area contributed by atoms with Gasteiger partial charge in [-0.2, -0.15) is 0 Å². The van der Waals surface area contributed by atoms with E-state index >= 15 is 0 Å². The summed E-state index contributed by atoms with van der Waals surface area (Å²) in [5.41, 5.74) is 0. The fraction of sp³-hybridized carbons (Fsp3) is 0. The molecule has 0 saturated heterocycles. The SMILES string of the molecule is O=S([O-])[O-].[Cl][Fe][Cl].[Na+].[Na+]. The van der Waals surface area contributed by atoms with Gasteiger partial charge >= 0.3 is 92.4 Å². The van der Waals surface area contributed by atoms with Crippen LogP contribution in [0.5, 0.6) is 0 Å². The van der Waals surface area contributed by atoms with Crippen LogP contribution < -0.4 is 59.1 Å². The van der Waals surface area contributed by atoms with Gasteiger partial charge in [0.15, 0.2) is 0 Å². The first-order valence-electron chi connectivity index (χ1n) is 0.767.